The SMILES string of the molecule is CC(C)(C)c1ccc(C#Cc2cc3ccc4cc(C#Cc5ccc(C(C)(C)C)cc5)cc5ccc(c2)c3c45)cc1. The molecule has 0 heterocycles. The summed E-state index contributed by atoms with van der Waals surface area (Å²) in [6.07, 6.45) is 0. The molecule has 0 saturated heterocycles. The van der Waals surface area contributed by atoms with Crippen molar-refractivity contribution in [1.29, 1.82) is 0 Å². The largest absolute Gasteiger partial charge is 0.0617 e. The molecule has 6 rings (SSSR count). The summed E-state index contributed by atoms with van der Waals surface area (Å²) >= 11 is 0. The van der Waals surface area contributed by atoms with E-state index in [9.17, 15) is 0 Å². The first-order valence-corrected chi connectivity index (χ1v) is 14.0. The molecule has 0 aliphatic carbocycles. The molecule has 40 heavy (non-hydrogen) atoms. The van der Waals surface area contributed by atoms with E-state index in [1.165, 1.54) is 43.4 Å². The van der Waals surface area contributed by atoms with E-state index in [1.54, 1.807) is 0 Å². The van der Waals surface area contributed by atoms with Crippen molar-refractivity contribution in [2.24, 2.45) is 0 Å². The summed E-state index contributed by atoms with van der Waals surface area (Å²) in [6.45, 7) is 13.4. The van der Waals surface area contributed by atoms with Gasteiger partial charge in [0.25, 0.3) is 0 Å². The van der Waals surface area contributed by atoms with Gasteiger partial charge in [0.2, 0.25) is 0 Å². The van der Waals surface area contributed by atoms with Crippen LogP contribution in [-0.2, 0) is 10.8 Å². The first-order valence-electron chi connectivity index (χ1n) is 14.0. The third kappa shape index (κ3) is 5.07. The van der Waals surface area contributed by atoms with Gasteiger partial charge in [-0.05, 0) is 103 Å². The Morgan fingerprint density at radius 1 is 0.350 bits per heavy atom. The third-order valence-electron chi connectivity index (χ3n) is 7.74. The fourth-order valence-corrected chi connectivity index (χ4v) is 5.38. The summed E-state index contributed by atoms with van der Waals surface area (Å²) in [4.78, 5) is 0. The number of hydrogen-bond acceptors (Lipinski definition) is 0. The molecule has 0 fully saturated rings. The first kappa shape index (κ1) is 25.7. The van der Waals surface area contributed by atoms with Gasteiger partial charge in [-0.2, -0.15) is 0 Å². The maximum Gasteiger partial charge on any atom is 0.0261 e. The average Bonchev–Trinajstić information content (AvgIpc) is 2.93. The quantitative estimate of drug-likeness (QED) is 0.140. The van der Waals surface area contributed by atoms with Crippen LogP contribution < -0.4 is 0 Å². The van der Waals surface area contributed by atoms with E-state index in [1.807, 2.05) is 0 Å². The molecule has 0 unspecified atom stereocenters. The highest BCUT2D eigenvalue weighted by molar-refractivity contribution is 6.23. The van der Waals surface area contributed by atoms with Gasteiger partial charge in [0.15, 0.2) is 0 Å². The number of rotatable bonds is 0. The van der Waals surface area contributed by atoms with Crippen LogP contribution in [0.3, 0.4) is 0 Å². The average molecular weight is 515 g/mol. The molecule has 0 N–H and O–H groups in total. The van der Waals surface area contributed by atoms with Crippen molar-refractivity contribution >= 4 is 32.3 Å². The Bertz CT molecular complexity index is 1770. The molecule has 0 aliphatic rings. The molecule has 0 nitrogen and oxygen atoms in total. The summed E-state index contributed by atoms with van der Waals surface area (Å²) in [5.74, 6) is 13.5. The highest BCUT2D eigenvalue weighted by Crippen LogP contribution is 2.36. The topological polar surface area (TPSA) is 0 Å². The van der Waals surface area contributed by atoms with E-state index < -0.39 is 0 Å². The molecule has 0 aromatic heterocycles. The zero-order valence-corrected chi connectivity index (χ0v) is 24.2. The van der Waals surface area contributed by atoms with E-state index in [2.05, 4.69) is 162 Å². The van der Waals surface area contributed by atoms with Crippen molar-refractivity contribution in [3.8, 4) is 23.7 Å². The van der Waals surface area contributed by atoms with Crippen molar-refractivity contribution in [3.05, 3.63) is 130 Å². The molecule has 0 amide bonds. The zero-order chi connectivity index (χ0) is 28.1. The molecule has 0 atom stereocenters. The molecular weight excluding hydrogens is 480 g/mol. The van der Waals surface area contributed by atoms with Gasteiger partial charge in [0, 0.05) is 22.3 Å². The molecule has 0 aliphatic heterocycles. The monoisotopic (exact) mass is 514 g/mol. The van der Waals surface area contributed by atoms with Gasteiger partial charge in [0.1, 0.15) is 0 Å². The lowest BCUT2D eigenvalue weighted by molar-refractivity contribution is 0.590. The number of benzene rings is 6. The van der Waals surface area contributed by atoms with Gasteiger partial charge >= 0.3 is 0 Å². The van der Waals surface area contributed by atoms with Crippen molar-refractivity contribution in [2.45, 2.75) is 52.4 Å². The predicted molar refractivity (Wildman–Crippen MR) is 172 cm³/mol. The molecule has 194 valence electrons. The lowest BCUT2D eigenvalue weighted by Crippen LogP contribution is -2.10. The van der Waals surface area contributed by atoms with Crippen LogP contribution in [0, 0.1) is 23.7 Å². The van der Waals surface area contributed by atoms with Gasteiger partial charge in [-0.25, -0.2) is 0 Å². The molecule has 0 heteroatoms. The minimum absolute atomic E-state index is 0.145. The second-order valence-electron chi connectivity index (χ2n) is 12.9. The Morgan fingerprint density at radius 3 is 0.900 bits per heavy atom. The van der Waals surface area contributed by atoms with Crippen molar-refractivity contribution < 1.29 is 0 Å². The van der Waals surface area contributed by atoms with Crippen LogP contribution in [0.15, 0.2) is 97.1 Å². The Balaban J connectivity index is 1.34. The van der Waals surface area contributed by atoms with Gasteiger partial charge in [0.05, 0.1) is 0 Å². The van der Waals surface area contributed by atoms with Crippen molar-refractivity contribution in [2.75, 3.05) is 0 Å². The van der Waals surface area contributed by atoms with Gasteiger partial charge < -0.3 is 0 Å². The van der Waals surface area contributed by atoms with Crippen molar-refractivity contribution in [3.63, 3.8) is 0 Å². The Morgan fingerprint density at radius 2 is 0.625 bits per heavy atom. The second-order valence-corrected chi connectivity index (χ2v) is 12.9. The Hall–Kier alpha value is -4.52. The Labute approximate surface area is 238 Å². The highest BCUT2D eigenvalue weighted by Gasteiger charge is 2.14. The highest BCUT2D eigenvalue weighted by atomic mass is 14.2. The van der Waals surface area contributed by atoms with Crippen LogP contribution >= 0.6 is 0 Å². The van der Waals surface area contributed by atoms with E-state index in [0.717, 1.165) is 22.3 Å². The van der Waals surface area contributed by atoms with E-state index >= 15 is 0 Å². The summed E-state index contributed by atoms with van der Waals surface area (Å²) < 4.78 is 0. The standard InChI is InChI=1S/C40H34/c1-39(2,3)35-19-11-27(12-20-35)7-9-29-23-31-15-17-33-25-30(26-34-18-16-32(24-29)37(31)38(33)34)10-8-28-13-21-36(22-14-28)40(4,5)6/h11-26H,1-6H3. The number of hydrogen-bond donors (Lipinski definition) is 0. The molecule has 0 radical (unpaired) electrons. The van der Waals surface area contributed by atoms with Gasteiger partial charge in [-0.15, -0.1) is 0 Å². The fraction of sp³-hybridized carbons (Fsp3) is 0.200. The summed E-state index contributed by atoms with van der Waals surface area (Å²) in [6, 6.07) is 35.0. The van der Waals surface area contributed by atoms with E-state index in [4.69, 9.17) is 0 Å². The molecule has 0 saturated carbocycles. The molecule has 6 aromatic carbocycles. The summed E-state index contributed by atoms with van der Waals surface area (Å²) in [7, 11) is 0. The Kier molecular flexibility index (Phi) is 6.17. The second kappa shape index (κ2) is 9.59. The van der Waals surface area contributed by atoms with Crippen LogP contribution in [0.25, 0.3) is 32.3 Å². The minimum atomic E-state index is 0.145. The summed E-state index contributed by atoms with van der Waals surface area (Å²) in [5, 5.41) is 7.49. The minimum Gasteiger partial charge on any atom is -0.0617 e. The normalized spacial score (nSPS) is 11.8. The maximum absolute atomic E-state index is 3.41. The maximum atomic E-state index is 3.41. The third-order valence-corrected chi connectivity index (χ3v) is 7.74. The van der Waals surface area contributed by atoms with Crippen LogP contribution in [0.4, 0.5) is 0 Å². The molecular formula is C40H34. The van der Waals surface area contributed by atoms with Gasteiger partial charge in [-0.1, -0.05) is 114 Å². The fourth-order valence-electron chi connectivity index (χ4n) is 5.38. The molecule has 0 bridgehead atoms. The van der Waals surface area contributed by atoms with Crippen molar-refractivity contribution in [1.82, 2.24) is 0 Å². The van der Waals surface area contributed by atoms with Crippen LogP contribution in [0.2, 0.25) is 0 Å². The smallest absolute Gasteiger partial charge is 0.0261 e. The molecule has 0 spiro atoms. The van der Waals surface area contributed by atoms with Gasteiger partial charge in [-0.3, -0.25) is 0 Å². The predicted octanol–water partition coefficient (Wildman–Crippen LogP) is 9.98. The lowest BCUT2D eigenvalue weighted by atomic mass is 9.87. The molecule has 6 aromatic rings. The first-order chi connectivity index (χ1) is 19.0. The van der Waals surface area contributed by atoms with E-state index in [0.29, 0.717) is 0 Å². The van der Waals surface area contributed by atoms with Crippen LogP contribution in [-0.4, -0.2) is 0 Å². The van der Waals surface area contributed by atoms with Crippen LogP contribution in [0.5, 0.6) is 0 Å². The van der Waals surface area contributed by atoms with Crippen LogP contribution in [0.1, 0.15) is 74.9 Å². The summed E-state index contributed by atoms with van der Waals surface area (Å²) in [5.41, 5.74) is 7.09. The van der Waals surface area contributed by atoms with E-state index in [-0.39, 0.29) is 10.8 Å². The zero-order valence-electron chi connectivity index (χ0n) is 24.2. The lowest BCUT2D eigenvalue weighted by Gasteiger charge is -2.18.